The van der Waals surface area contributed by atoms with Gasteiger partial charge in [0.25, 0.3) is 11.6 Å². The van der Waals surface area contributed by atoms with Gasteiger partial charge in [-0.25, -0.2) is 8.42 Å². The summed E-state index contributed by atoms with van der Waals surface area (Å²) in [6.07, 6.45) is 0. The molecule has 1 aromatic carbocycles. The van der Waals surface area contributed by atoms with Gasteiger partial charge in [-0.05, 0) is 26.8 Å². The minimum absolute atomic E-state index is 0.0645. The number of carbonyl (C=O) groups excluding carboxylic acids is 1. The van der Waals surface area contributed by atoms with Gasteiger partial charge >= 0.3 is 0 Å². The van der Waals surface area contributed by atoms with E-state index in [1.54, 1.807) is 18.7 Å². The van der Waals surface area contributed by atoms with Gasteiger partial charge in [0.1, 0.15) is 11.5 Å². The molecule has 0 bridgehead atoms. The predicted octanol–water partition coefficient (Wildman–Crippen LogP) is 2.26. The number of nitrogens with zero attached hydrogens (tertiary/aromatic N) is 3. The van der Waals surface area contributed by atoms with Crippen LogP contribution < -0.4 is 0 Å². The number of hydrogen-bond acceptors (Lipinski definition) is 6. The molecule has 0 N–H and O–H groups in total. The van der Waals surface area contributed by atoms with Gasteiger partial charge in [0.2, 0.25) is 10.0 Å². The van der Waals surface area contributed by atoms with Gasteiger partial charge in [0.05, 0.1) is 10.5 Å². The lowest BCUT2D eigenvalue weighted by Gasteiger charge is -2.34. The van der Waals surface area contributed by atoms with Gasteiger partial charge in [-0.15, -0.1) is 0 Å². The van der Waals surface area contributed by atoms with Crippen LogP contribution in [0.5, 0.6) is 0 Å². The van der Waals surface area contributed by atoms with Crippen molar-refractivity contribution in [1.82, 2.24) is 9.21 Å². The molecule has 0 radical (unpaired) electrons. The summed E-state index contributed by atoms with van der Waals surface area (Å²) in [6.45, 7) is 5.85. The molecule has 1 aliphatic rings. The van der Waals surface area contributed by atoms with Gasteiger partial charge in [-0.3, -0.25) is 14.9 Å². The van der Waals surface area contributed by atoms with Crippen LogP contribution in [0.4, 0.5) is 5.69 Å². The second-order valence-electron chi connectivity index (χ2n) is 6.64. The van der Waals surface area contributed by atoms with Gasteiger partial charge in [0, 0.05) is 37.8 Å². The molecule has 2 heterocycles. The van der Waals surface area contributed by atoms with Crippen LogP contribution in [0, 0.1) is 30.9 Å². The molecule has 1 aromatic heterocycles. The molecule has 10 heteroatoms. The van der Waals surface area contributed by atoms with Crippen LogP contribution >= 0.6 is 0 Å². The topological polar surface area (TPSA) is 114 Å². The Hall–Kier alpha value is -2.72. The largest absolute Gasteiger partial charge is 0.466 e. The second kappa shape index (κ2) is 7.36. The zero-order chi connectivity index (χ0) is 20.6. The third-order valence-electron chi connectivity index (χ3n) is 4.98. The van der Waals surface area contributed by atoms with Crippen molar-refractivity contribution >= 4 is 21.6 Å². The average molecular weight is 407 g/mol. The summed E-state index contributed by atoms with van der Waals surface area (Å²) >= 11 is 0. The molecule has 150 valence electrons. The number of nitro benzene ring substituents is 1. The highest BCUT2D eigenvalue weighted by Crippen LogP contribution is 2.28. The third-order valence-corrected chi connectivity index (χ3v) is 6.93. The highest BCUT2D eigenvalue weighted by Gasteiger charge is 2.35. The Kier molecular flexibility index (Phi) is 5.26. The lowest BCUT2D eigenvalue weighted by atomic mass is 10.1. The van der Waals surface area contributed by atoms with Crippen molar-refractivity contribution in [2.45, 2.75) is 25.7 Å². The molecule has 0 aliphatic carbocycles. The first-order chi connectivity index (χ1) is 13.1. The van der Waals surface area contributed by atoms with Crippen molar-refractivity contribution in [2.24, 2.45) is 0 Å². The number of carbonyl (C=O) groups is 1. The Morgan fingerprint density at radius 2 is 1.68 bits per heavy atom. The predicted molar refractivity (Wildman–Crippen MR) is 101 cm³/mol. The van der Waals surface area contributed by atoms with E-state index in [4.69, 9.17) is 4.42 Å². The number of nitro groups is 1. The number of benzene rings is 1. The summed E-state index contributed by atoms with van der Waals surface area (Å²) in [6, 6.07) is 5.27. The monoisotopic (exact) mass is 407 g/mol. The number of para-hydroxylation sites is 1. The summed E-state index contributed by atoms with van der Waals surface area (Å²) < 4.78 is 32.4. The minimum Gasteiger partial charge on any atom is -0.466 e. The molecular formula is C18H21N3O6S. The smallest absolute Gasteiger partial charge is 0.289 e. The van der Waals surface area contributed by atoms with E-state index in [1.807, 2.05) is 6.92 Å². The fraction of sp³-hybridized carbons (Fsp3) is 0.389. The van der Waals surface area contributed by atoms with E-state index in [2.05, 4.69) is 0 Å². The molecule has 0 unspecified atom stereocenters. The quantitative estimate of drug-likeness (QED) is 0.567. The number of piperazine rings is 1. The lowest BCUT2D eigenvalue weighted by molar-refractivity contribution is -0.387. The van der Waals surface area contributed by atoms with Crippen molar-refractivity contribution in [3.8, 4) is 0 Å². The molecule has 2 aromatic rings. The number of amides is 1. The second-order valence-corrected chi connectivity index (χ2v) is 8.54. The molecule has 0 spiro atoms. The van der Waals surface area contributed by atoms with E-state index < -0.39 is 20.6 Å². The van der Waals surface area contributed by atoms with Crippen molar-refractivity contribution in [3.05, 3.63) is 57.0 Å². The van der Waals surface area contributed by atoms with E-state index in [1.165, 1.54) is 28.6 Å². The van der Waals surface area contributed by atoms with Gasteiger partial charge in [-0.1, -0.05) is 12.1 Å². The Balaban J connectivity index is 1.78. The number of sulfonamides is 1. The summed E-state index contributed by atoms with van der Waals surface area (Å²) in [4.78, 5) is 24.5. The molecule has 1 aliphatic heterocycles. The number of hydrogen-bond donors (Lipinski definition) is 0. The molecule has 0 saturated carbocycles. The molecule has 1 fully saturated rings. The zero-order valence-electron chi connectivity index (χ0n) is 15.8. The van der Waals surface area contributed by atoms with E-state index >= 15 is 0 Å². The van der Waals surface area contributed by atoms with E-state index in [0.29, 0.717) is 17.1 Å². The third kappa shape index (κ3) is 3.40. The fourth-order valence-electron chi connectivity index (χ4n) is 3.36. The SMILES string of the molecule is Cc1oc(C)c(C(=O)N2CCN(S(=O)(=O)c3ccccc3[N+](=O)[O-])CC2)c1C. The van der Waals surface area contributed by atoms with Crippen LogP contribution in [0.2, 0.25) is 0 Å². The van der Waals surface area contributed by atoms with E-state index in [9.17, 15) is 23.3 Å². The standard InChI is InChI=1S/C18H21N3O6S/c1-12-13(2)27-14(3)17(12)18(22)19-8-10-20(11-9-19)28(25,26)16-7-5-4-6-15(16)21(23)24/h4-7H,8-11H2,1-3H3. The first-order valence-corrected chi connectivity index (χ1v) is 10.2. The normalized spacial score (nSPS) is 15.6. The Morgan fingerprint density at radius 1 is 1.07 bits per heavy atom. The summed E-state index contributed by atoms with van der Waals surface area (Å²) in [7, 11) is -4.03. The van der Waals surface area contributed by atoms with Crippen LogP contribution in [0.15, 0.2) is 33.6 Å². The molecule has 1 saturated heterocycles. The van der Waals surface area contributed by atoms with Crippen LogP contribution in [0.3, 0.4) is 0 Å². The molecule has 9 nitrogen and oxygen atoms in total. The lowest BCUT2D eigenvalue weighted by Crippen LogP contribution is -2.50. The van der Waals surface area contributed by atoms with Crippen LogP contribution in [-0.4, -0.2) is 54.6 Å². The van der Waals surface area contributed by atoms with Crippen molar-refractivity contribution in [3.63, 3.8) is 0 Å². The van der Waals surface area contributed by atoms with Crippen molar-refractivity contribution in [2.75, 3.05) is 26.2 Å². The van der Waals surface area contributed by atoms with Gasteiger partial charge < -0.3 is 9.32 Å². The molecule has 28 heavy (non-hydrogen) atoms. The Labute approximate surface area is 162 Å². The maximum Gasteiger partial charge on any atom is 0.289 e. The minimum atomic E-state index is -4.03. The van der Waals surface area contributed by atoms with Gasteiger partial charge in [0.15, 0.2) is 4.90 Å². The number of rotatable bonds is 4. The fourth-order valence-corrected chi connectivity index (χ4v) is 4.94. The van der Waals surface area contributed by atoms with Crippen LogP contribution in [0.25, 0.3) is 0 Å². The highest BCUT2D eigenvalue weighted by atomic mass is 32.2. The van der Waals surface area contributed by atoms with E-state index in [-0.39, 0.29) is 37.0 Å². The molecule has 1 amide bonds. The number of aryl methyl sites for hydroxylation is 2. The first kappa shape index (κ1) is 20.0. The number of furan rings is 1. The molecule has 0 atom stereocenters. The van der Waals surface area contributed by atoms with Crippen LogP contribution in [-0.2, 0) is 10.0 Å². The van der Waals surface area contributed by atoms with Gasteiger partial charge in [-0.2, -0.15) is 4.31 Å². The highest BCUT2D eigenvalue weighted by molar-refractivity contribution is 7.89. The summed E-state index contributed by atoms with van der Waals surface area (Å²) in [5.41, 5.74) is 0.825. The molecule has 3 rings (SSSR count). The maximum absolute atomic E-state index is 12.9. The van der Waals surface area contributed by atoms with E-state index in [0.717, 1.165) is 5.56 Å². The first-order valence-electron chi connectivity index (χ1n) is 8.74. The van der Waals surface area contributed by atoms with Crippen molar-refractivity contribution in [1.29, 1.82) is 0 Å². The maximum atomic E-state index is 12.9. The average Bonchev–Trinajstić information content (AvgIpc) is 2.93. The summed E-state index contributed by atoms with van der Waals surface area (Å²) in [5, 5.41) is 11.2. The summed E-state index contributed by atoms with van der Waals surface area (Å²) in [5.74, 6) is 1.02. The van der Waals surface area contributed by atoms with Crippen LogP contribution in [0.1, 0.15) is 27.4 Å². The Morgan fingerprint density at radius 3 is 2.21 bits per heavy atom. The van der Waals surface area contributed by atoms with Crippen molar-refractivity contribution < 1.29 is 22.6 Å². The zero-order valence-corrected chi connectivity index (χ0v) is 16.7. The Bertz CT molecular complexity index is 1040. The molecular weight excluding hydrogens is 386 g/mol.